The lowest BCUT2D eigenvalue weighted by atomic mass is 10.0. The number of piperidine rings is 1. The van der Waals surface area contributed by atoms with Crippen LogP contribution in [0.5, 0.6) is 0 Å². The number of nitrogens with one attached hydrogen (secondary N) is 1. The molecule has 0 radical (unpaired) electrons. The molecule has 3 rings (SSSR count). The summed E-state index contributed by atoms with van der Waals surface area (Å²) in [5.41, 5.74) is 1.97. The molecule has 0 bridgehead atoms. The van der Waals surface area contributed by atoms with Crippen LogP contribution in [-0.2, 0) is 4.79 Å². The highest BCUT2D eigenvalue weighted by molar-refractivity contribution is 5.77. The Kier molecular flexibility index (Phi) is 5.31. The number of aromatic nitrogens is 4. The van der Waals surface area contributed by atoms with E-state index in [4.69, 9.17) is 0 Å². The quantitative estimate of drug-likeness (QED) is 0.903. The van der Waals surface area contributed by atoms with Gasteiger partial charge in [-0.25, -0.2) is 4.68 Å². The lowest BCUT2D eigenvalue weighted by Crippen LogP contribution is -2.42. The number of likely N-dealkylation sites (tertiary alicyclic amines) is 1. The van der Waals surface area contributed by atoms with Crippen LogP contribution in [0.1, 0.15) is 44.0 Å². The summed E-state index contributed by atoms with van der Waals surface area (Å²) < 4.78 is 1.77. The fourth-order valence-corrected chi connectivity index (χ4v) is 3.30. The Hall–Kier alpha value is -2.44. The smallest absolute Gasteiger partial charge is 0.224 e. The normalized spacial score (nSPS) is 17.6. The fourth-order valence-electron chi connectivity index (χ4n) is 3.30. The minimum Gasteiger partial charge on any atom is -0.368 e. The second-order valence-electron chi connectivity index (χ2n) is 6.72. The van der Waals surface area contributed by atoms with Crippen molar-refractivity contribution in [2.75, 3.05) is 18.4 Å². The Morgan fingerprint density at radius 2 is 2.12 bits per heavy atom. The number of rotatable bonds is 5. The van der Waals surface area contributed by atoms with Crippen LogP contribution in [0.3, 0.4) is 0 Å². The molecule has 2 aromatic heterocycles. The minimum absolute atomic E-state index is 0.215. The van der Waals surface area contributed by atoms with Crippen molar-refractivity contribution >= 4 is 11.7 Å². The zero-order valence-corrected chi connectivity index (χ0v) is 15.2. The first-order chi connectivity index (χ1) is 12.0. The number of carbonyl (C=O) groups excluding carboxylic acids is 1. The zero-order chi connectivity index (χ0) is 17.8. The van der Waals surface area contributed by atoms with Gasteiger partial charge in [-0.1, -0.05) is 0 Å². The van der Waals surface area contributed by atoms with Gasteiger partial charge in [-0.3, -0.25) is 4.79 Å². The van der Waals surface area contributed by atoms with Crippen LogP contribution in [0.2, 0.25) is 0 Å². The molecule has 1 saturated heterocycles. The molecule has 1 aliphatic heterocycles. The molecule has 1 fully saturated rings. The van der Waals surface area contributed by atoms with Crippen LogP contribution in [-0.4, -0.2) is 49.9 Å². The Bertz CT molecular complexity index is 724. The Morgan fingerprint density at radius 3 is 2.76 bits per heavy atom. The fraction of sp³-hybridized carbons (Fsp3) is 0.556. The van der Waals surface area contributed by atoms with E-state index in [2.05, 4.69) is 27.5 Å². The van der Waals surface area contributed by atoms with Crippen LogP contribution < -0.4 is 5.32 Å². The molecule has 1 atom stereocenters. The van der Waals surface area contributed by atoms with E-state index in [9.17, 15) is 4.79 Å². The van der Waals surface area contributed by atoms with Gasteiger partial charge < -0.3 is 10.2 Å². The van der Waals surface area contributed by atoms with Crippen LogP contribution in [0.4, 0.5) is 5.82 Å². The lowest BCUT2D eigenvalue weighted by molar-refractivity contribution is -0.134. The Morgan fingerprint density at radius 1 is 1.28 bits per heavy atom. The van der Waals surface area contributed by atoms with Gasteiger partial charge in [-0.2, -0.15) is 5.10 Å². The average molecular weight is 342 g/mol. The predicted octanol–water partition coefficient (Wildman–Crippen LogP) is 2.48. The Labute approximate surface area is 148 Å². The summed E-state index contributed by atoms with van der Waals surface area (Å²) in [6, 6.07) is 6.11. The summed E-state index contributed by atoms with van der Waals surface area (Å²) in [4.78, 5) is 14.3. The number of hydrogen-bond acceptors (Lipinski definition) is 5. The lowest BCUT2D eigenvalue weighted by Gasteiger charge is -2.33. The van der Waals surface area contributed by atoms with Crippen molar-refractivity contribution in [3.8, 4) is 5.82 Å². The van der Waals surface area contributed by atoms with Crippen LogP contribution >= 0.6 is 0 Å². The van der Waals surface area contributed by atoms with Gasteiger partial charge in [0.25, 0.3) is 0 Å². The number of amides is 1. The molecule has 0 aliphatic carbocycles. The summed E-state index contributed by atoms with van der Waals surface area (Å²) in [6.45, 7) is 7.52. The molecule has 7 heteroatoms. The number of anilines is 1. The van der Waals surface area contributed by atoms with E-state index in [1.165, 1.54) is 6.42 Å². The van der Waals surface area contributed by atoms with E-state index in [0.717, 1.165) is 30.8 Å². The molecule has 1 amide bonds. The van der Waals surface area contributed by atoms with Gasteiger partial charge >= 0.3 is 0 Å². The van der Waals surface area contributed by atoms with Crippen LogP contribution in [0, 0.1) is 13.8 Å². The monoisotopic (exact) mass is 342 g/mol. The number of nitrogens with zero attached hydrogens (tertiary/aromatic N) is 5. The standard InChI is InChI=1S/C18H26N6O/c1-13-12-15(3)24(22-13)17-8-7-16(20-21-17)19-10-9-18(25)23-11-5-4-6-14(23)2/h7-8,12,14H,4-6,9-11H2,1-3H3,(H,19,20). The average Bonchev–Trinajstić information content (AvgIpc) is 2.94. The highest BCUT2D eigenvalue weighted by Crippen LogP contribution is 2.17. The largest absolute Gasteiger partial charge is 0.368 e. The van der Waals surface area contributed by atoms with Gasteiger partial charge in [0.1, 0.15) is 5.82 Å². The molecular weight excluding hydrogens is 316 g/mol. The van der Waals surface area contributed by atoms with E-state index in [0.29, 0.717) is 30.6 Å². The molecule has 2 aromatic rings. The number of aryl methyl sites for hydroxylation is 2. The third-order valence-electron chi connectivity index (χ3n) is 4.65. The van der Waals surface area contributed by atoms with Crippen molar-refractivity contribution in [2.24, 2.45) is 0 Å². The first kappa shape index (κ1) is 17.4. The van der Waals surface area contributed by atoms with Crippen LogP contribution in [0.15, 0.2) is 18.2 Å². The van der Waals surface area contributed by atoms with Crippen molar-refractivity contribution in [2.45, 2.75) is 52.5 Å². The molecule has 25 heavy (non-hydrogen) atoms. The molecule has 0 aromatic carbocycles. The second-order valence-corrected chi connectivity index (χ2v) is 6.72. The van der Waals surface area contributed by atoms with Gasteiger partial charge in [-0.15, -0.1) is 10.2 Å². The minimum atomic E-state index is 0.215. The van der Waals surface area contributed by atoms with Crippen molar-refractivity contribution in [1.82, 2.24) is 24.9 Å². The van der Waals surface area contributed by atoms with Crippen molar-refractivity contribution in [1.29, 1.82) is 0 Å². The van der Waals surface area contributed by atoms with E-state index >= 15 is 0 Å². The van der Waals surface area contributed by atoms with Crippen molar-refractivity contribution in [3.05, 3.63) is 29.6 Å². The highest BCUT2D eigenvalue weighted by Gasteiger charge is 2.22. The van der Waals surface area contributed by atoms with E-state index in [1.54, 1.807) is 4.68 Å². The predicted molar refractivity (Wildman–Crippen MR) is 96.8 cm³/mol. The number of hydrogen-bond donors (Lipinski definition) is 1. The third kappa shape index (κ3) is 4.15. The summed E-state index contributed by atoms with van der Waals surface area (Å²) >= 11 is 0. The summed E-state index contributed by atoms with van der Waals surface area (Å²) in [7, 11) is 0. The highest BCUT2D eigenvalue weighted by atomic mass is 16.2. The molecule has 7 nitrogen and oxygen atoms in total. The molecule has 1 unspecified atom stereocenters. The third-order valence-corrected chi connectivity index (χ3v) is 4.65. The zero-order valence-electron chi connectivity index (χ0n) is 15.2. The van der Waals surface area contributed by atoms with Crippen molar-refractivity contribution in [3.63, 3.8) is 0 Å². The van der Waals surface area contributed by atoms with Crippen LogP contribution in [0.25, 0.3) is 5.82 Å². The van der Waals surface area contributed by atoms with Gasteiger partial charge in [0, 0.05) is 31.2 Å². The maximum Gasteiger partial charge on any atom is 0.224 e. The van der Waals surface area contributed by atoms with E-state index in [1.807, 2.05) is 36.9 Å². The van der Waals surface area contributed by atoms with E-state index < -0.39 is 0 Å². The molecule has 1 N–H and O–H groups in total. The summed E-state index contributed by atoms with van der Waals surface area (Å²) in [6.07, 6.45) is 3.92. The second kappa shape index (κ2) is 7.63. The van der Waals surface area contributed by atoms with Gasteiger partial charge in [0.15, 0.2) is 5.82 Å². The summed E-state index contributed by atoms with van der Waals surface area (Å²) in [5.74, 6) is 1.58. The van der Waals surface area contributed by atoms with Gasteiger partial charge in [0.2, 0.25) is 5.91 Å². The molecule has 1 aliphatic rings. The van der Waals surface area contributed by atoms with E-state index in [-0.39, 0.29) is 5.91 Å². The first-order valence-electron chi connectivity index (χ1n) is 8.95. The van der Waals surface area contributed by atoms with Gasteiger partial charge in [0.05, 0.1) is 5.69 Å². The molecule has 0 saturated carbocycles. The molecule has 134 valence electrons. The first-order valence-corrected chi connectivity index (χ1v) is 8.95. The molecule has 3 heterocycles. The Balaban J connectivity index is 1.52. The van der Waals surface area contributed by atoms with Gasteiger partial charge in [-0.05, 0) is 58.2 Å². The summed E-state index contributed by atoms with van der Waals surface area (Å²) in [5, 5.41) is 16.0. The SMILES string of the molecule is Cc1cc(C)n(-c2ccc(NCCC(=O)N3CCCCC3C)nn2)n1. The maximum absolute atomic E-state index is 12.3. The van der Waals surface area contributed by atoms with Crippen molar-refractivity contribution < 1.29 is 4.79 Å². The molecular formula is C18H26N6O. The maximum atomic E-state index is 12.3. The topological polar surface area (TPSA) is 75.9 Å². The molecule has 0 spiro atoms. The number of carbonyl (C=O) groups is 1.